The number of aromatic nitrogens is 1. The Hall–Kier alpha value is -3.02. The third kappa shape index (κ3) is 3.32. The summed E-state index contributed by atoms with van der Waals surface area (Å²) in [5, 5.41) is 9.10. The lowest BCUT2D eigenvalue weighted by Gasteiger charge is -2.09. The molecule has 3 rings (SSSR count). The third-order valence-corrected chi connectivity index (χ3v) is 3.72. The first-order chi connectivity index (χ1) is 11.7. The van der Waals surface area contributed by atoms with Gasteiger partial charge in [-0.3, -0.25) is 4.57 Å². The molecule has 6 heteroatoms. The molecule has 0 unspecified atom stereocenters. The lowest BCUT2D eigenvalue weighted by Crippen LogP contribution is -2.14. The van der Waals surface area contributed by atoms with Crippen molar-refractivity contribution < 1.29 is 19.1 Å². The first-order valence-corrected chi connectivity index (χ1v) is 7.70. The van der Waals surface area contributed by atoms with Crippen LogP contribution in [-0.4, -0.2) is 22.2 Å². The number of carbonyl (C=O) groups is 1. The van der Waals surface area contributed by atoms with Crippen LogP contribution in [0.2, 0.25) is 0 Å². The molecular weight excluding hydrogens is 310 g/mol. The van der Waals surface area contributed by atoms with Gasteiger partial charge in [-0.05, 0) is 37.1 Å². The molecule has 0 saturated carbocycles. The van der Waals surface area contributed by atoms with Crippen LogP contribution >= 0.6 is 0 Å². The van der Waals surface area contributed by atoms with Crippen LogP contribution in [0, 0.1) is 0 Å². The van der Waals surface area contributed by atoms with Crippen molar-refractivity contribution in [2.75, 3.05) is 6.61 Å². The quantitative estimate of drug-likeness (QED) is 0.674. The van der Waals surface area contributed by atoms with Crippen LogP contribution < -0.4 is 10.5 Å². The summed E-state index contributed by atoms with van der Waals surface area (Å²) in [6.07, 6.45) is 1.42. The van der Waals surface area contributed by atoms with Gasteiger partial charge in [-0.25, -0.2) is 9.59 Å². The summed E-state index contributed by atoms with van der Waals surface area (Å²) >= 11 is 0. The minimum atomic E-state index is -1.01. The highest BCUT2D eigenvalue weighted by Crippen LogP contribution is 2.18. The van der Waals surface area contributed by atoms with E-state index in [1.165, 1.54) is 6.07 Å². The first-order valence-electron chi connectivity index (χ1n) is 7.70. The Morgan fingerprint density at radius 2 is 1.83 bits per heavy atom. The molecule has 0 atom stereocenters. The normalized spacial score (nSPS) is 10.8. The Balaban J connectivity index is 1.55. The highest BCUT2D eigenvalue weighted by atomic mass is 16.5. The number of benzene rings is 2. The van der Waals surface area contributed by atoms with Gasteiger partial charge in [0.05, 0.1) is 12.1 Å². The van der Waals surface area contributed by atoms with Crippen molar-refractivity contribution in [2.24, 2.45) is 0 Å². The number of carboxylic acid groups (broad SMARTS) is 1. The Morgan fingerprint density at radius 3 is 2.67 bits per heavy atom. The molecule has 124 valence electrons. The average Bonchev–Trinajstić information content (AvgIpc) is 2.90. The average molecular weight is 327 g/mol. The molecule has 0 fully saturated rings. The van der Waals surface area contributed by atoms with E-state index in [0.717, 1.165) is 11.9 Å². The van der Waals surface area contributed by atoms with Crippen molar-refractivity contribution >= 4 is 17.1 Å². The molecule has 24 heavy (non-hydrogen) atoms. The number of fused-ring (bicyclic) bond motifs is 1. The monoisotopic (exact) mass is 327 g/mol. The van der Waals surface area contributed by atoms with Crippen LogP contribution in [0.5, 0.6) is 5.75 Å². The van der Waals surface area contributed by atoms with Gasteiger partial charge in [0.2, 0.25) is 0 Å². The van der Waals surface area contributed by atoms with Crippen molar-refractivity contribution in [3.63, 3.8) is 0 Å². The number of aryl methyl sites for hydroxylation is 1. The van der Waals surface area contributed by atoms with Gasteiger partial charge < -0.3 is 14.3 Å². The summed E-state index contributed by atoms with van der Waals surface area (Å²) < 4.78 is 12.3. The first kappa shape index (κ1) is 15.9. The lowest BCUT2D eigenvalue weighted by atomic mass is 10.2. The second-order valence-corrected chi connectivity index (χ2v) is 5.34. The Labute approximate surface area is 137 Å². The molecule has 1 N–H and O–H groups in total. The molecular formula is C18H17NO5. The molecule has 0 amide bonds. The van der Waals surface area contributed by atoms with Gasteiger partial charge >= 0.3 is 11.7 Å². The molecule has 3 aromatic rings. The van der Waals surface area contributed by atoms with Crippen LogP contribution in [0.25, 0.3) is 11.1 Å². The summed E-state index contributed by atoms with van der Waals surface area (Å²) in [6.45, 7) is 0.911. The molecule has 0 aliphatic carbocycles. The van der Waals surface area contributed by atoms with Gasteiger partial charge in [-0.15, -0.1) is 0 Å². The fourth-order valence-electron chi connectivity index (χ4n) is 2.55. The van der Waals surface area contributed by atoms with E-state index in [2.05, 4.69) is 0 Å². The zero-order valence-electron chi connectivity index (χ0n) is 13.0. The Morgan fingerprint density at radius 1 is 1.08 bits per heavy atom. The number of ether oxygens (including phenoxy) is 1. The summed E-state index contributed by atoms with van der Waals surface area (Å²) in [5.41, 5.74) is 1.50. The number of para-hydroxylation sites is 3. The van der Waals surface area contributed by atoms with Crippen molar-refractivity contribution in [1.29, 1.82) is 0 Å². The van der Waals surface area contributed by atoms with E-state index < -0.39 is 5.97 Å². The molecule has 0 spiro atoms. The number of oxazole rings is 1. The fourth-order valence-corrected chi connectivity index (χ4v) is 2.55. The van der Waals surface area contributed by atoms with Gasteiger partial charge in [0.1, 0.15) is 11.3 Å². The van der Waals surface area contributed by atoms with Crippen LogP contribution in [0.4, 0.5) is 0 Å². The van der Waals surface area contributed by atoms with Crippen LogP contribution in [0.3, 0.4) is 0 Å². The number of aromatic carboxylic acids is 1. The third-order valence-electron chi connectivity index (χ3n) is 3.72. The van der Waals surface area contributed by atoms with Crippen LogP contribution in [0.1, 0.15) is 23.2 Å². The zero-order chi connectivity index (χ0) is 16.9. The Kier molecular flexibility index (Phi) is 4.65. The Bertz CT molecular complexity index is 909. The number of nitrogens with zero attached hydrogens (tertiary/aromatic N) is 1. The molecule has 1 aromatic heterocycles. The maximum absolute atomic E-state index is 11.8. The summed E-state index contributed by atoms with van der Waals surface area (Å²) in [4.78, 5) is 22.9. The maximum atomic E-state index is 11.8. The largest absolute Gasteiger partial charge is 0.493 e. The topological polar surface area (TPSA) is 81.7 Å². The van der Waals surface area contributed by atoms with Gasteiger partial charge in [0, 0.05) is 6.54 Å². The second kappa shape index (κ2) is 7.04. The molecule has 0 aliphatic rings. The summed E-state index contributed by atoms with van der Waals surface area (Å²) in [6, 6.07) is 13.8. The molecule has 0 radical (unpaired) electrons. The van der Waals surface area contributed by atoms with Crippen molar-refractivity contribution in [3.05, 3.63) is 64.6 Å². The van der Waals surface area contributed by atoms with Gasteiger partial charge in [-0.1, -0.05) is 24.3 Å². The summed E-state index contributed by atoms with van der Waals surface area (Å²) in [5.74, 6) is -1.02. The van der Waals surface area contributed by atoms with Gasteiger partial charge in [0.15, 0.2) is 5.58 Å². The van der Waals surface area contributed by atoms with Crippen LogP contribution in [-0.2, 0) is 6.54 Å². The van der Waals surface area contributed by atoms with E-state index in [0.29, 0.717) is 30.9 Å². The number of hydrogen-bond acceptors (Lipinski definition) is 4. The molecule has 0 bridgehead atoms. The van der Waals surface area contributed by atoms with Crippen LogP contribution in [0.15, 0.2) is 57.7 Å². The van der Waals surface area contributed by atoms with E-state index >= 15 is 0 Å². The molecule has 6 nitrogen and oxygen atoms in total. The zero-order valence-corrected chi connectivity index (χ0v) is 13.0. The molecule has 1 heterocycles. The molecule has 0 aliphatic heterocycles. The lowest BCUT2D eigenvalue weighted by molar-refractivity contribution is 0.0692. The minimum absolute atomic E-state index is 0.148. The molecule has 0 saturated heterocycles. The minimum Gasteiger partial charge on any atom is -0.493 e. The number of carboxylic acids is 1. The predicted octanol–water partition coefficient (Wildman–Crippen LogP) is 3.15. The second-order valence-electron chi connectivity index (χ2n) is 5.34. The number of unbranched alkanes of at least 4 members (excludes halogenated alkanes) is 1. The van der Waals surface area contributed by atoms with Gasteiger partial charge in [-0.2, -0.15) is 0 Å². The van der Waals surface area contributed by atoms with E-state index in [9.17, 15) is 9.59 Å². The van der Waals surface area contributed by atoms with E-state index in [1.807, 2.05) is 18.2 Å². The maximum Gasteiger partial charge on any atom is 0.419 e. The number of hydrogen-bond donors (Lipinski definition) is 1. The standard InChI is InChI=1S/C18H17NO5/c20-17(21)13-7-1-3-9-15(13)23-12-6-5-11-19-14-8-2-4-10-16(14)24-18(19)22/h1-4,7-10H,5-6,11-12H2,(H,20,21). The van der Waals surface area contributed by atoms with E-state index in [1.54, 1.807) is 28.8 Å². The fraction of sp³-hybridized carbons (Fsp3) is 0.222. The number of rotatable bonds is 7. The highest BCUT2D eigenvalue weighted by Gasteiger charge is 2.10. The predicted molar refractivity (Wildman–Crippen MR) is 88.6 cm³/mol. The smallest absolute Gasteiger partial charge is 0.419 e. The van der Waals surface area contributed by atoms with Crippen molar-refractivity contribution in [2.45, 2.75) is 19.4 Å². The molecule has 2 aromatic carbocycles. The van der Waals surface area contributed by atoms with E-state index in [-0.39, 0.29) is 11.3 Å². The summed E-state index contributed by atoms with van der Waals surface area (Å²) in [7, 11) is 0. The highest BCUT2D eigenvalue weighted by molar-refractivity contribution is 5.90. The van der Waals surface area contributed by atoms with Crippen molar-refractivity contribution in [1.82, 2.24) is 4.57 Å². The van der Waals surface area contributed by atoms with Gasteiger partial charge in [0.25, 0.3) is 0 Å². The SMILES string of the molecule is O=C(O)c1ccccc1OCCCCn1c(=O)oc2ccccc21. The van der Waals surface area contributed by atoms with E-state index in [4.69, 9.17) is 14.3 Å². The van der Waals surface area contributed by atoms with Crippen molar-refractivity contribution in [3.8, 4) is 5.75 Å².